The van der Waals surface area contributed by atoms with Gasteiger partial charge in [-0.3, -0.25) is 4.98 Å². The van der Waals surface area contributed by atoms with Crippen LogP contribution < -0.4 is 10.1 Å². The minimum Gasteiger partial charge on any atom is -0.497 e. The van der Waals surface area contributed by atoms with E-state index in [1.807, 2.05) is 49.4 Å². The summed E-state index contributed by atoms with van der Waals surface area (Å²) in [6.45, 7) is 2.02. The zero-order valence-corrected chi connectivity index (χ0v) is 16.7. The van der Waals surface area contributed by atoms with Gasteiger partial charge in [0.15, 0.2) is 5.82 Å². The van der Waals surface area contributed by atoms with Crippen molar-refractivity contribution in [3.05, 3.63) is 65.9 Å². The molecule has 0 amide bonds. The molecular formula is C22H17N5OS. The van der Waals surface area contributed by atoms with E-state index in [1.54, 1.807) is 30.8 Å². The van der Waals surface area contributed by atoms with E-state index in [0.717, 1.165) is 43.1 Å². The third kappa shape index (κ3) is 3.36. The maximum atomic E-state index is 5.40. The van der Waals surface area contributed by atoms with Crippen molar-refractivity contribution in [1.82, 2.24) is 19.9 Å². The van der Waals surface area contributed by atoms with Crippen LogP contribution in [0.4, 0.5) is 11.5 Å². The second kappa shape index (κ2) is 7.10. The van der Waals surface area contributed by atoms with Gasteiger partial charge in [-0.1, -0.05) is 0 Å². The standard InChI is InChI=1S/C22H17N5OS/c1-13-24-19-7-5-15(10-20(19)29-13)25-22-17-11-16(28-2)6-8-18(17)26-21(27-22)14-4-3-9-23-12-14/h3-12H,1-2H3,(H,25,26,27). The van der Waals surface area contributed by atoms with Crippen molar-refractivity contribution in [3.8, 4) is 17.1 Å². The predicted octanol–water partition coefficient (Wildman–Crippen LogP) is 5.36. The van der Waals surface area contributed by atoms with Gasteiger partial charge in [-0.25, -0.2) is 15.0 Å². The number of aromatic nitrogens is 4. The number of methoxy groups -OCH3 is 1. The van der Waals surface area contributed by atoms with Crippen LogP contribution in [-0.2, 0) is 0 Å². The lowest BCUT2D eigenvalue weighted by molar-refractivity contribution is 0.415. The van der Waals surface area contributed by atoms with E-state index in [-0.39, 0.29) is 0 Å². The number of hydrogen-bond donors (Lipinski definition) is 1. The summed E-state index contributed by atoms with van der Waals surface area (Å²) in [6, 6.07) is 15.7. The van der Waals surface area contributed by atoms with Gasteiger partial charge < -0.3 is 10.1 Å². The van der Waals surface area contributed by atoms with Gasteiger partial charge in [-0.05, 0) is 55.5 Å². The van der Waals surface area contributed by atoms with Crippen LogP contribution in [0.2, 0.25) is 0 Å². The van der Waals surface area contributed by atoms with Crippen molar-refractivity contribution in [2.24, 2.45) is 0 Å². The number of pyridine rings is 1. The van der Waals surface area contributed by atoms with Gasteiger partial charge in [0.1, 0.15) is 11.6 Å². The van der Waals surface area contributed by atoms with E-state index < -0.39 is 0 Å². The molecule has 0 unspecified atom stereocenters. The third-order valence-corrected chi connectivity index (χ3v) is 5.51. The molecule has 2 aromatic carbocycles. The van der Waals surface area contributed by atoms with Crippen LogP contribution in [0, 0.1) is 6.92 Å². The largest absolute Gasteiger partial charge is 0.497 e. The van der Waals surface area contributed by atoms with Gasteiger partial charge in [0, 0.05) is 29.0 Å². The summed E-state index contributed by atoms with van der Waals surface area (Å²) in [5.74, 6) is 2.09. The van der Waals surface area contributed by atoms with Gasteiger partial charge in [-0.2, -0.15) is 0 Å². The molecule has 3 aromatic heterocycles. The van der Waals surface area contributed by atoms with Crippen LogP contribution in [0.25, 0.3) is 32.5 Å². The summed E-state index contributed by atoms with van der Waals surface area (Å²) in [5, 5.41) is 5.40. The molecule has 5 rings (SSSR count). The SMILES string of the molecule is COc1ccc2nc(-c3cccnc3)nc(Nc3ccc4nc(C)sc4c3)c2c1. The topological polar surface area (TPSA) is 72.8 Å². The minimum atomic E-state index is 0.618. The average molecular weight is 399 g/mol. The van der Waals surface area contributed by atoms with Crippen molar-refractivity contribution in [2.75, 3.05) is 12.4 Å². The van der Waals surface area contributed by atoms with E-state index in [2.05, 4.69) is 21.4 Å². The molecule has 3 heterocycles. The smallest absolute Gasteiger partial charge is 0.163 e. The van der Waals surface area contributed by atoms with Gasteiger partial charge in [0.2, 0.25) is 0 Å². The fraction of sp³-hybridized carbons (Fsp3) is 0.0909. The third-order valence-electron chi connectivity index (χ3n) is 4.58. The summed E-state index contributed by atoms with van der Waals surface area (Å²) in [7, 11) is 1.65. The molecule has 0 aliphatic heterocycles. The Morgan fingerprint density at radius 1 is 0.966 bits per heavy atom. The molecule has 0 saturated carbocycles. The molecule has 6 nitrogen and oxygen atoms in total. The number of hydrogen-bond acceptors (Lipinski definition) is 7. The summed E-state index contributed by atoms with van der Waals surface area (Å²) in [5.41, 5.74) is 3.64. The quantitative estimate of drug-likeness (QED) is 0.438. The Morgan fingerprint density at radius 3 is 2.69 bits per heavy atom. The van der Waals surface area contributed by atoms with Crippen molar-refractivity contribution >= 4 is 44.0 Å². The zero-order chi connectivity index (χ0) is 19.8. The van der Waals surface area contributed by atoms with E-state index in [9.17, 15) is 0 Å². The van der Waals surface area contributed by atoms with Crippen LogP contribution in [0.5, 0.6) is 5.75 Å². The maximum absolute atomic E-state index is 5.40. The molecule has 0 aliphatic rings. The molecule has 0 saturated heterocycles. The number of fused-ring (bicyclic) bond motifs is 2. The Bertz CT molecular complexity index is 1330. The zero-order valence-electron chi connectivity index (χ0n) is 15.9. The second-order valence-electron chi connectivity index (χ2n) is 6.56. The molecule has 142 valence electrons. The molecule has 29 heavy (non-hydrogen) atoms. The lowest BCUT2D eigenvalue weighted by Crippen LogP contribution is -2.00. The van der Waals surface area contributed by atoms with E-state index in [4.69, 9.17) is 14.7 Å². The van der Waals surface area contributed by atoms with Crippen molar-refractivity contribution in [1.29, 1.82) is 0 Å². The monoisotopic (exact) mass is 399 g/mol. The Hall–Kier alpha value is -3.58. The highest BCUT2D eigenvalue weighted by atomic mass is 32.1. The molecule has 7 heteroatoms. The van der Waals surface area contributed by atoms with Crippen LogP contribution in [0.3, 0.4) is 0 Å². The maximum Gasteiger partial charge on any atom is 0.163 e. The van der Waals surface area contributed by atoms with Crippen molar-refractivity contribution in [2.45, 2.75) is 6.92 Å². The van der Waals surface area contributed by atoms with Crippen molar-refractivity contribution < 1.29 is 4.74 Å². The summed E-state index contributed by atoms with van der Waals surface area (Å²) < 4.78 is 6.54. The Kier molecular flexibility index (Phi) is 4.29. The van der Waals surface area contributed by atoms with E-state index in [0.29, 0.717) is 11.6 Å². The van der Waals surface area contributed by atoms with Crippen LogP contribution in [0.1, 0.15) is 5.01 Å². The summed E-state index contributed by atoms with van der Waals surface area (Å²) >= 11 is 1.67. The van der Waals surface area contributed by atoms with Gasteiger partial charge in [0.05, 0.1) is 27.9 Å². The molecular weight excluding hydrogens is 382 g/mol. The molecule has 1 N–H and O–H groups in total. The Balaban J connectivity index is 1.66. The van der Waals surface area contributed by atoms with Gasteiger partial charge >= 0.3 is 0 Å². The fourth-order valence-electron chi connectivity index (χ4n) is 3.21. The highest BCUT2D eigenvalue weighted by Gasteiger charge is 2.12. The Labute approximate surface area is 171 Å². The molecule has 0 spiro atoms. The average Bonchev–Trinajstić information content (AvgIpc) is 3.13. The second-order valence-corrected chi connectivity index (χ2v) is 7.80. The highest BCUT2D eigenvalue weighted by molar-refractivity contribution is 7.18. The number of anilines is 2. The number of rotatable bonds is 4. The first-order chi connectivity index (χ1) is 14.2. The molecule has 0 fully saturated rings. The van der Waals surface area contributed by atoms with Gasteiger partial charge in [0.25, 0.3) is 0 Å². The number of thiazole rings is 1. The first-order valence-electron chi connectivity index (χ1n) is 9.10. The summed E-state index contributed by atoms with van der Waals surface area (Å²) in [4.78, 5) is 18.2. The van der Waals surface area contributed by atoms with Gasteiger partial charge in [-0.15, -0.1) is 11.3 Å². The summed E-state index contributed by atoms with van der Waals surface area (Å²) in [6.07, 6.45) is 3.50. The highest BCUT2D eigenvalue weighted by Crippen LogP contribution is 2.31. The first kappa shape index (κ1) is 17.5. The minimum absolute atomic E-state index is 0.618. The molecule has 0 atom stereocenters. The molecule has 0 radical (unpaired) electrons. The number of aryl methyl sites for hydroxylation is 1. The molecule has 0 bridgehead atoms. The van der Waals surface area contributed by atoms with Crippen LogP contribution in [0.15, 0.2) is 60.9 Å². The molecule has 5 aromatic rings. The van der Waals surface area contributed by atoms with Crippen LogP contribution in [-0.4, -0.2) is 27.0 Å². The number of nitrogens with zero attached hydrogens (tertiary/aromatic N) is 4. The molecule has 0 aliphatic carbocycles. The van der Waals surface area contributed by atoms with Crippen LogP contribution >= 0.6 is 11.3 Å². The predicted molar refractivity (Wildman–Crippen MR) is 117 cm³/mol. The number of ether oxygens (including phenoxy) is 1. The number of benzene rings is 2. The normalized spacial score (nSPS) is 11.1. The van der Waals surface area contributed by atoms with E-state index in [1.165, 1.54) is 0 Å². The lowest BCUT2D eigenvalue weighted by atomic mass is 10.2. The van der Waals surface area contributed by atoms with E-state index >= 15 is 0 Å². The fourth-order valence-corrected chi connectivity index (χ4v) is 4.07. The number of nitrogens with one attached hydrogen (secondary N) is 1. The first-order valence-corrected chi connectivity index (χ1v) is 9.92. The Morgan fingerprint density at radius 2 is 1.86 bits per heavy atom. The van der Waals surface area contributed by atoms with Crippen molar-refractivity contribution in [3.63, 3.8) is 0 Å². The lowest BCUT2D eigenvalue weighted by Gasteiger charge is -2.12.